The maximum absolute atomic E-state index is 13.4. The van der Waals surface area contributed by atoms with Gasteiger partial charge in [-0.15, -0.1) is 0 Å². The van der Waals surface area contributed by atoms with Crippen LogP contribution < -0.4 is 15.1 Å². The summed E-state index contributed by atoms with van der Waals surface area (Å²) < 4.78 is 28.2. The van der Waals surface area contributed by atoms with Crippen LogP contribution in [0.5, 0.6) is 0 Å². The van der Waals surface area contributed by atoms with E-state index in [1.807, 2.05) is 25.1 Å². The summed E-state index contributed by atoms with van der Waals surface area (Å²) in [5, 5.41) is 3.32. The molecule has 0 radical (unpaired) electrons. The van der Waals surface area contributed by atoms with E-state index < -0.39 is 10.0 Å². The first-order valence-corrected chi connectivity index (χ1v) is 10.4. The molecule has 0 unspecified atom stereocenters. The van der Waals surface area contributed by atoms with Gasteiger partial charge in [0.15, 0.2) is 0 Å². The second-order valence-corrected chi connectivity index (χ2v) is 8.63. The molecule has 3 heterocycles. The van der Waals surface area contributed by atoms with Gasteiger partial charge >= 0.3 is 0 Å². The lowest BCUT2D eigenvalue weighted by molar-refractivity contribution is 0.586. The van der Waals surface area contributed by atoms with Crippen molar-refractivity contribution >= 4 is 32.4 Å². The number of fused-ring (bicyclic) bond motifs is 1. The third kappa shape index (κ3) is 3.15. The van der Waals surface area contributed by atoms with Gasteiger partial charge < -0.3 is 15.1 Å². The quantitative estimate of drug-likeness (QED) is 0.738. The summed E-state index contributed by atoms with van der Waals surface area (Å²) in [4.78, 5) is 8.82. The zero-order valence-corrected chi connectivity index (χ0v) is 16.3. The fourth-order valence-corrected chi connectivity index (χ4v) is 4.78. The Morgan fingerprint density at radius 1 is 1.11 bits per heavy atom. The van der Waals surface area contributed by atoms with E-state index >= 15 is 0 Å². The smallest absolute Gasteiger partial charge is 0.268 e. The SMILES string of the molecule is CN(C)c1cccc(S(=O)(=O)n2cc(N3CCNCC3)c3ncccc32)c1. The molecule has 0 saturated carbocycles. The van der Waals surface area contributed by atoms with Crippen molar-refractivity contribution in [2.75, 3.05) is 50.1 Å². The normalized spacial score (nSPS) is 15.3. The van der Waals surface area contributed by atoms with Gasteiger partial charge in [-0.1, -0.05) is 6.07 Å². The van der Waals surface area contributed by atoms with Crippen molar-refractivity contribution in [3.05, 3.63) is 48.8 Å². The fraction of sp³-hybridized carbons (Fsp3) is 0.316. The Labute approximate surface area is 159 Å². The van der Waals surface area contributed by atoms with Crippen LogP contribution in [0.15, 0.2) is 53.7 Å². The molecule has 4 rings (SSSR count). The van der Waals surface area contributed by atoms with Gasteiger partial charge in [-0.2, -0.15) is 0 Å². The molecule has 1 aliphatic rings. The minimum absolute atomic E-state index is 0.265. The number of hydrogen-bond donors (Lipinski definition) is 1. The highest BCUT2D eigenvalue weighted by molar-refractivity contribution is 7.90. The molecule has 27 heavy (non-hydrogen) atoms. The maximum atomic E-state index is 13.4. The number of anilines is 2. The predicted molar refractivity (Wildman–Crippen MR) is 108 cm³/mol. The van der Waals surface area contributed by atoms with Gasteiger partial charge in [0.25, 0.3) is 10.0 Å². The molecule has 7 nitrogen and oxygen atoms in total. The van der Waals surface area contributed by atoms with Crippen molar-refractivity contribution < 1.29 is 8.42 Å². The van der Waals surface area contributed by atoms with Crippen LogP contribution in [-0.2, 0) is 10.0 Å². The number of pyridine rings is 1. The van der Waals surface area contributed by atoms with E-state index in [0.29, 0.717) is 11.0 Å². The van der Waals surface area contributed by atoms with Gasteiger partial charge in [0.05, 0.1) is 16.1 Å². The number of hydrogen-bond acceptors (Lipinski definition) is 6. The number of piperazine rings is 1. The summed E-state index contributed by atoms with van der Waals surface area (Å²) in [6.07, 6.45) is 3.41. The van der Waals surface area contributed by atoms with E-state index in [0.717, 1.165) is 37.6 Å². The standard InChI is InChI=1S/C19H23N5O2S/c1-22(2)15-5-3-6-16(13-15)27(25,26)24-14-18(23-11-9-20-10-12-23)19-17(24)7-4-8-21-19/h3-8,13-14,20H,9-12H2,1-2H3. The van der Waals surface area contributed by atoms with Gasteiger partial charge in [-0.05, 0) is 30.3 Å². The zero-order valence-electron chi connectivity index (χ0n) is 15.5. The largest absolute Gasteiger partial charge is 0.378 e. The second kappa shape index (κ2) is 6.86. The zero-order chi connectivity index (χ0) is 19.0. The molecule has 2 aromatic heterocycles. The minimum Gasteiger partial charge on any atom is -0.378 e. The second-order valence-electron chi connectivity index (χ2n) is 6.82. The Bertz CT molecular complexity index is 1070. The minimum atomic E-state index is -3.73. The molecule has 0 amide bonds. The topological polar surface area (TPSA) is 70.5 Å². The monoisotopic (exact) mass is 385 g/mol. The summed E-state index contributed by atoms with van der Waals surface area (Å²) in [5.74, 6) is 0. The Balaban J connectivity index is 1.87. The van der Waals surface area contributed by atoms with E-state index in [2.05, 4.69) is 15.2 Å². The van der Waals surface area contributed by atoms with Crippen LogP contribution >= 0.6 is 0 Å². The average Bonchev–Trinajstić information content (AvgIpc) is 3.09. The molecule has 1 N–H and O–H groups in total. The van der Waals surface area contributed by atoms with E-state index in [1.54, 1.807) is 42.7 Å². The highest BCUT2D eigenvalue weighted by atomic mass is 32.2. The summed E-state index contributed by atoms with van der Waals surface area (Å²) in [6.45, 7) is 3.39. The molecule has 0 spiro atoms. The van der Waals surface area contributed by atoms with Crippen molar-refractivity contribution in [3.8, 4) is 0 Å². The number of nitrogens with zero attached hydrogens (tertiary/aromatic N) is 4. The van der Waals surface area contributed by atoms with E-state index in [1.165, 1.54) is 3.97 Å². The lowest BCUT2D eigenvalue weighted by atomic mass is 10.3. The summed E-state index contributed by atoms with van der Waals surface area (Å²) in [7, 11) is 0.0524. The van der Waals surface area contributed by atoms with Crippen LogP contribution in [0.3, 0.4) is 0 Å². The molecule has 1 fully saturated rings. The average molecular weight is 385 g/mol. The Kier molecular flexibility index (Phi) is 4.53. The highest BCUT2D eigenvalue weighted by Gasteiger charge is 2.25. The predicted octanol–water partition coefficient (Wildman–Crippen LogP) is 1.75. The van der Waals surface area contributed by atoms with Crippen LogP contribution in [0, 0.1) is 0 Å². The van der Waals surface area contributed by atoms with E-state index in [9.17, 15) is 8.42 Å². The van der Waals surface area contributed by atoms with E-state index in [4.69, 9.17) is 0 Å². The number of rotatable bonds is 4. The molecular formula is C19H23N5O2S. The molecule has 1 aromatic carbocycles. The first-order valence-electron chi connectivity index (χ1n) is 8.93. The molecule has 142 valence electrons. The molecule has 0 atom stereocenters. The lowest BCUT2D eigenvalue weighted by Gasteiger charge is -2.28. The summed E-state index contributed by atoms with van der Waals surface area (Å²) >= 11 is 0. The van der Waals surface area contributed by atoms with Crippen molar-refractivity contribution in [1.82, 2.24) is 14.3 Å². The van der Waals surface area contributed by atoms with Crippen LogP contribution in [0.4, 0.5) is 11.4 Å². The Morgan fingerprint density at radius 3 is 2.63 bits per heavy atom. The molecular weight excluding hydrogens is 362 g/mol. The number of nitrogens with one attached hydrogen (secondary N) is 1. The molecule has 0 bridgehead atoms. The first kappa shape index (κ1) is 17.8. The van der Waals surface area contributed by atoms with Gasteiger partial charge in [-0.25, -0.2) is 12.4 Å². The van der Waals surface area contributed by atoms with Crippen molar-refractivity contribution in [1.29, 1.82) is 0 Å². The summed E-state index contributed by atoms with van der Waals surface area (Å²) in [5.41, 5.74) is 3.01. The van der Waals surface area contributed by atoms with Gasteiger partial charge in [-0.3, -0.25) is 4.98 Å². The van der Waals surface area contributed by atoms with Crippen LogP contribution in [0.1, 0.15) is 0 Å². The van der Waals surface area contributed by atoms with Crippen LogP contribution in [0.25, 0.3) is 11.0 Å². The number of aromatic nitrogens is 2. The third-order valence-electron chi connectivity index (χ3n) is 4.85. The molecule has 1 aliphatic heterocycles. The van der Waals surface area contributed by atoms with Crippen molar-refractivity contribution in [2.45, 2.75) is 4.90 Å². The third-order valence-corrected chi connectivity index (χ3v) is 6.52. The van der Waals surface area contributed by atoms with Crippen molar-refractivity contribution in [3.63, 3.8) is 0 Å². The maximum Gasteiger partial charge on any atom is 0.268 e. The van der Waals surface area contributed by atoms with Crippen LogP contribution in [-0.4, -0.2) is 57.6 Å². The fourth-order valence-electron chi connectivity index (χ4n) is 3.39. The van der Waals surface area contributed by atoms with Crippen molar-refractivity contribution in [2.24, 2.45) is 0 Å². The molecule has 8 heteroatoms. The summed E-state index contributed by atoms with van der Waals surface area (Å²) in [6, 6.07) is 10.6. The lowest BCUT2D eigenvalue weighted by Crippen LogP contribution is -2.43. The van der Waals surface area contributed by atoms with Gasteiger partial charge in [0, 0.05) is 58.4 Å². The van der Waals surface area contributed by atoms with Gasteiger partial charge in [0.2, 0.25) is 0 Å². The molecule has 0 aliphatic carbocycles. The molecule has 3 aromatic rings. The highest BCUT2D eigenvalue weighted by Crippen LogP contribution is 2.31. The Morgan fingerprint density at radius 2 is 1.89 bits per heavy atom. The van der Waals surface area contributed by atoms with Gasteiger partial charge in [0.1, 0.15) is 5.52 Å². The van der Waals surface area contributed by atoms with Crippen LogP contribution in [0.2, 0.25) is 0 Å². The first-order chi connectivity index (χ1) is 13.0. The molecule has 1 saturated heterocycles. The number of benzene rings is 1. The van der Waals surface area contributed by atoms with E-state index in [-0.39, 0.29) is 4.90 Å². The Hall–Kier alpha value is -2.58.